The van der Waals surface area contributed by atoms with Gasteiger partial charge in [-0.25, -0.2) is 0 Å². The lowest BCUT2D eigenvalue weighted by Crippen LogP contribution is -2.26. The van der Waals surface area contributed by atoms with E-state index in [1.54, 1.807) is 7.11 Å². The van der Waals surface area contributed by atoms with E-state index in [0.29, 0.717) is 12.3 Å². The zero-order chi connectivity index (χ0) is 12.4. The van der Waals surface area contributed by atoms with E-state index in [-0.39, 0.29) is 12.0 Å². The van der Waals surface area contributed by atoms with Crippen molar-refractivity contribution in [2.75, 3.05) is 20.2 Å². The number of hydrogen-bond acceptors (Lipinski definition) is 3. The maximum Gasteiger partial charge on any atom is 0.220 e. The van der Waals surface area contributed by atoms with Crippen LogP contribution in [0.3, 0.4) is 0 Å². The van der Waals surface area contributed by atoms with Crippen LogP contribution in [-0.4, -0.2) is 32.2 Å². The maximum atomic E-state index is 11.4. The highest BCUT2D eigenvalue weighted by Crippen LogP contribution is 2.02. The molecule has 0 aliphatic heterocycles. The summed E-state index contributed by atoms with van der Waals surface area (Å²) in [6.07, 6.45) is 3.56. The lowest BCUT2D eigenvalue weighted by Gasteiger charge is -2.10. The van der Waals surface area contributed by atoms with Gasteiger partial charge in [0, 0.05) is 20.1 Å². The largest absolute Gasteiger partial charge is 0.382 e. The third-order valence-electron chi connectivity index (χ3n) is 2.78. The van der Waals surface area contributed by atoms with Crippen molar-refractivity contribution in [2.45, 2.75) is 45.6 Å². The summed E-state index contributed by atoms with van der Waals surface area (Å²) in [5, 5.41) is 2.91. The van der Waals surface area contributed by atoms with Gasteiger partial charge < -0.3 is 15.8 Å². The minimum Gasteiger partial charge on any atom is -0.382 e. The van der Waals surface area contributed by atoms with Crippen LogP contribution in [0.2, 0.25) is 0 Å². The highest BCUT2D eigenvalue weighted by molar-refractivity contribution is 5.75. The predicted octanol–water partition coefficient (Wildman–Crippen LogP) is 1.29. The summed E-state index contributed by atoms with van der Waals surface area (Å²) >= 11 is 0. The minimum atomic E-state index is 0.115. The van der Waals surface area contributed by atoms with Gasteiger partial charge in [-0.1, -0.05) is 6.92 Å². The van der Waals surface area contributed by atoms with E-state index in [2.05, 4.69) is 12.2 Å². The average Bonchev–Trinajstić information content (AvgIpc) is 2.31. The Labute approximate surface area is 98.9 Å². The van der Waals surface area contributed by atoms with E-state index >= 15 is 0 Å². The van der Waals surface area contributed by atoms with Gasteiger partial charge in [-0.3, -0.25) is 4.79 Å². The van der Waals surface area contributed by atoms with Crippen LogP contribution in [0, 0.1) is 5.92 Å². The Balaban J connectivity index is 3.37. The quantitative estimate of drug-likeness (QED) is 0.587. The van der Waals surface area contributed by atoms with Gasteiger partial charge >= 0.3 is 0 Å². The Kier molecular flexibility index (Phi) is 9.24. The second-order valence-corrected chi connectivity index (χ2v) is 4.42. The second kappa shape index (κ2) is 9.60. The number of carbonyl (C=O) groups excluding carboxylic acids is 1. The molecule has 0 fully saturated rings. The number of ether oxygens (including phenoxy) is 1. The number of nitrogens with one attached hydrogen (secondary N) is 1. The summed E-state index contributed by atoms with van der Waals surface area (Å²) in [6.45, 7) is 5.57. The minimum absolute atomic E-state index is 0.115. The molecule has 0 saturated carbocycles. The summed E-state index contributed by atoms with van der Waals surface area (Å²) in [5.74, 6) is 0.662. The zero-order valence-corrected chi connectivity index (χ0v) is 10.8. The molecule has 96 valence electrons. The summed E-state index contributed by atoms with van der Waals surface area (Å²) in [7, 11) is 1.66. The number of hydrogen-bond donors (Lipinski definition) is 2. The van der Waals surface area contributed by atoms with E-state index in [1.165, 1.54) is 0 Å². The van der Waals surface area contributed by atoms with Crippen LogP contribution in [0.1, 0.15) is 39.5 Å². The van der Waals surface area contributed by atoms with Gasteiger partial charge in [0.15, 0.2) is 0 Å². The summed E-state index contributed by atoms with van der Waals surface area (Å²) in [4.78, 5) is 11.4. The van der Waals surface area contributed by atoms with Gasteiger partial charge in [0.25, 0.3) is 0 Å². The molecular formula is C12H26N2O2. The molecule has 0 aliphatic rings. The molecule has 2 unspecified atom stereocenters. The van der Waals surface area contributed by atoms with E-state index < -0.39 is 0 Å². The zero-order valence-electron chi connectivity index (χ0n) is 10.8. The average molecular weight is 230 g/mol. The monoisotopic (exact) mass is 230 g/mol. The molecule has 0 aromatic carbocycles. The summed E-state index contributed by atoms with van der Waals surface area (Å²) < 4.78 is 5.08. The van der Waals surface area contributed by atoms with Crippen molar-refractivity contribution in [1.82, 2.24) is 5.32 Å². The first-order chi connectivity index (χ1) is 7.60. The van der Waals surface area contributed by atoms with Crippen LogP contribution in [0.15, 0.2) is 0 Å². The standard InChI is InChI=1S/C12H26N2O2/c1-10(9-13)5-4-8-14-12(15)7-6-11(2)16-3/h10-11H,4-9,13H2,1-3H3,(H,14,15). The third-order valence-corrected chi connectivity index (χ3v) is 2.78. The third kappa shape index (κ3) is 8.68. The summed E-state index contributed by atoms with van der Waals surface area (Å²) in [6, 6.07) is 0. The molecule has 0 radical (unpaired) electrons. The van der Waals surface area contributed by atoms with Crippen molar-refractivity contribution in [3.63, 3.8) is 0 Å². The lowest BCUT2D eigenvalue weighted by molar-refractivity contribution is -0.121. The van der Waals surface area contributed by atoms with E-state index in [9.17, 15) is 4.79 Å². The lowest BCUT2D eigenvalue weighted by atomic mass is 10.1. The van der Waals surface area contributed by atoms with E-state index in [4.69, 9.17) is 10.5 Å². The van der Waals surface area contributed by atoms with Crippen LogP contribution >= 0.6 is 0 Å². The van der Waals surface area contributed by atoms with Crippen LogP contribution in [0.5, 0.6) is 0 Å². The van der Waals surface area contributed by atoms with Crippen molar-refractivity contribution in [3.05, 3.63) is 0 Å². The van der Waals surface area contributed by atoms with Crippen molar-refractivity contribution in [2.24, 2.45) is 11.7 Å². The molecule has 16 heavy (non-hydrogen) atoms. The van der Waals surface area contributed by atoms with Crippen molar-refractivity contribution >= 4 is 5.91 Å². The van der Waals surface area contributed by atoms with Crippen LogP contribution in [-0.2, 0) is 9.53 Å². The van der Waals surface area contributed by atoms with Gasteiger partial charge in [-0.05, 0) is 38.6 Å². The molecule has 4 nitrogen and oxygen atoms in total. The first-order valence-electron chi connectivity index (χ1n) is 6.09. The molecule has 0 aliphatic carbocycles. The normalized spacial score (nSPS) is 14.5. The molecule has 2 atom stereocenters. The molecule has 3 N–H and O–H groups in total. The Morgan fingerprint density at radius 1 is 1.38 bits per heavy atom. The van der Waals surface area contributed by atoms with Crippen LogP contribution < -0.4 is 11.1 Å². The number of carbonyl (C=O) groups is 1. The Morgan fingerprint density at radius 2 is 2.06 bits per heavy atom. The van der Waals surface area contributed by atoms with Crippen molar-refractivity contribution in [3.8, 4) is 0 Å². The smallest absolute Gasteiger partial charge is 0.220 e. The first-order valence-corrected chi connectivity index (χ1v) is 6.09. The first kappa shape index (κ1) is 15.4. The maximum absolute atomic E-state index is 11.4. The number of amides is 1. The van der Waals surface area contributed by atoms with Crippen LogP contribution in [0.25, 0.3) is 0 Å². The van der Waals surface area contributed by atoms with Crippen molar-refractivity contribution < 1.29 is 9.53 Å². The molecule has 0 saturated heterocycles. The highest BCUT2D eigenvalue weighted by atomic mass is 16.5. The number of rotatable bonds is 9. The molecule has 0 rings (SSSR count). The van der Waals surface area contributed by atoms with Crippen LogP contribution in [0.4, 0.5) is 0 Å². The molecule has 0 aromatic rings. The second-order valence-electron chi connectivity index (χ2n) is 4.42. The predicted molar refractivity (Wildman–Crippen MR) is 66.2 cm³/mol. The SMILES string of the molecule is COC(C)CCC(=O)NCCCC(C)CN. The molecule has 1 amide bonds. The van der Waals surface area contributed by atoms with Gasteiger partial charge in [0.05, 0.1) is 6.10 Å². The molecule has 4 heteroatoms. The number of nitrogens with two attached hydrogens (primary N) is 1. The number of methoxy groups -OCH3 is 1. The summed E-state index contributed by atoms with van der Waals surface area (Å²) in [5.41, 5.74) is 5.51. The van der Waals surface area contributed by atoms with E-state index in [0.717, 1.165) is 32.4 Å². The fraction of sp³-hybridized carbons (Fsp3) is 0.917. The van der Waals surface area contributed by atoms with Crippen molar-refractivity contribution in [1.29, 1.82) is 0 Å². The molecule has 0 spiro atoms. The Morgan fingerprint density at radius 3 is 2.62 bits per heavy atom. The Hall–Kier alpha value is -0.610. The van der Waals surface area contributed by atoms with Gasteiger partial charge in [-0.2, -0.15) is 0 Å². The molecule has 0 heterocycles. The Bertz CT molecular complexity index is 186. The molecular weight excluding hydrogens is 204 g/mol. The van der Waals surface area contributed by atoms with Gasteiger partial charge in [-0.15, -0.1) is 0 Å². The van der Waals surface area contributed by atoms with E-state index in [1.807, 2.05) is 6.92 Å². The van der Waals surface area contributed by atoms with Gasteiger partial charge in [0.2, 0.25) is 5.91 Å². The highest BCUT2D eigenvalue weighted by Gasteiger charge is 2.05. The fourth-order valence-corrected chi connectivity index (χ4v) is 1.34. The topological polar surface area (TPSA) is 64.3 Å². The molecule has 0 aromatic heterocycles. The molecule has 0 bridgehead atoms. The van der Waals surface area contributed by atoms with Gasteiger partial charge in [0.1, 0.15) is 0 Å². The fourth-order valence-electron chi connectivity index (χ4n) is 1.34.